The molecule has 0 amide bonds. The Hall–Kier alpha value is 2.81. The van der Waals surface area contributed by atoms with Crippen LogP contribution in [0, 0.1) is 0 Å². The Morgan fingerprint density at radius 2 is 1.42 bits per heavy atom. The van der Waals surface area contributed by atoms with Crippen molar-refractivity contribution in [1.29, 1.82) is 0 Å². The first-order valence-corrected chi connectivity index (χ1v) is 7.41. The van der Waals surface area contributed by atoms with E-state index in [-0.39, 0.29) is 59.1 Å². The Morgan fingerprint density at radius 3 is 1.42 bits per heavy atom. The Labute approximate surface area is 130 Å². The van der Waals surface area contributed by atoms with E-state index in [2.05, 4.69) is 25.0 Å². The fraction of sp³-hybridized carbons (Fsp3) is 1.00. The molecule has 0 spiro atoms. The molecule has 0 radical (unpaired) electrons. The van der Waals surface area contributed by atoms with Gasteiger partial charge in [0.05, 0.1) is 0 Å². The third-order valence-electron chi connectivity index (χ3n) is 0.408. The molecule has 0 N–H and O–H groups in total. The zero-order valence-corrected chi connectivity index (χ0v) is 15.2. The van der Waals surface area contributed by atoms with E-state index < -0.39 is 9.05 Å². The fourth-order valence-electron chi connectivity index (χ4n) is 0.204. The maximum absolute atomic E-state index is 8.89. The summed E-state index contributed by atoms with van der Waals surface area (Å²) in [5, 5.41) is 2.81. The molecule has 0 aromatic carbocycles. The minimum Gasteiger partial charge on any atom is -0.780 e. The standard InChI is InChI=1S/C4H10Se.2Na.H2O3S2/c1-3-5-4-2;;;1-5(2,3)4/h3-4H2,1-2H3;;;(H2,1,2,3,4)/q;2*+1;/p-2. The van der Waals surface area contributed by atoms with Crippen LogP contribution in [0.5, 0.6) is 0 Å². The fourth-order valence-corrected chi connectivity index (χ4v) is 1.06. The summed E-state index contributed by atoms with van der Waals surface area (Å²) in [4.78, 5) is 0. The number of rotatable bonds is 2. The van der Waals surface area contributed by atoms with Gasteiger partial charge in [0, 0.05) is 0 Å². The van der Waals surface area contributed by atoms with Gasteiger partial charge in [-0.2, -0.15) is 0 Å². The van der Waals surface area contributed by atoms with Gasteiger partial charge >= 0.3 is 98.6 Å². The first-order chi connectivity index (χ1) is 4.41. The smallest absolute Gasteiger partial charge is 0.780 e. The van der Waals surface area contributed by atoms with Crippen molar-refractivity contribution in [2.24, 2.45) is 0 Å². The van der Waals surface area contributed by atoms with E-state index in [0.717, 1.165) is 15.0 Å². The normalized spacial score (nSPS) is 8.33. The molecule has 0 aliphatic heterocycles. The molecule has 0 fully saturated rings. The van der Waals surface area contributed by atoms with Crippen molar-refractivity contribution in [3.63, 3.8) is 0 Å². The third-order valence-corrected chi connectivity index (χ3v) is 2.12. The van der Waals surface area contributed by atoms with Gasteiger partial charge < -0.3 is 9.11 Å². The van der Waals surface area contributed by atoms with Crippen molar-refractivity contribution in [1.82, 2.24) is 0 Å². The molecule has 0 aromatic rings. The van der Waals surface area contributed by atoms with Crippen LogP contribution < -0.4 is 59.1 Å². The van der Waals surface area contributed by atoms with Gasteiger partial charge in [0.1, 0.15) is 0 Å². The van der Waals surface area contributed by atoms with Crippen LogP contribution in [0.15, 0.2) is 0 Å². The van der Waals surface area contributed by atoms with Gasteiger partial charge in [0.25, 0.3) is 0 Å². The first-order valence-electron chi connectivity index (χ1n) is 2.66. The maximum atomic E-state index is 8.89. The second-order valence-corrected chi connectivity index (χ2v) is 6.51. The minimum absolute atomic E-state index is 0. The van der Waals surface area contributed by atoms with Gasteiger partial charge in [0.2, 0.25) is 0 Å². The van der Waals surface area contributed by atoms with Gasteiger partial charge in [-0.05, 0) is 11.2 Å². The van der Waals surface area contributed by atoms with Crippen molar-refractivity contribution in [2.45, 2.75) is 24.5 Å². The molecule has 0 saturated carbocycles. The molecule has 0 saturated heterocycles. The van der Waals surface area contributed by atoms with E-state index in [1.807, 2.05) is 0 Å². The van der Waals surface area contributed by atoms with Gasteiger partial charge in [-0.1, -0.05) is 0 Å². The third kappa shape index (κ3) is 77.2. The molecule has 0 atom stereocenters. The topological polar surface area (TPSA) is 63.2 Å². The predicted molar refractivity (Wildman–Crippen MR) is 43.8 cm³/mol. The van der Waals surface area contributed by atoms with Crippen molar-refractivity contribution < 1.29 is 72.4 Å². The van der Waals surface area contributed by atoms with Crippen LogP contribution in [0.1, 0.15) is 13.8 Å². The summed E-state index contributed by atoms with van der Waals surface area (Å²) < 4.78 is 26.7. The van der Waals surface area contributed by atoms with Crippen molar-refractivity contribution in [3.05, 3.63) is 0 Å². The van der Waals surface area contributed by atoms with Crippen molar-refractivity contribution in [3.8, 4) is 0 Å². The van der Waals surface area contributed by atoms with Crippen LogP contribution in [-0.2, 0) is 20.2 Å². The average molecular weight is 295 g/mol. The molecule has 8 heteroatoms. The van der Waals surface area contributed by atoms with E-state index in [1.165, 1.54) is 10.6 Å². The summed E-state index contributed by atoms with van der Waals surface area (Å²) in [6.45, 7) is 4.48. The Bertz CT molecular complexity index is 140. The first kappa shape index (κ1) is 24.2. The van der Waals surface area contributed by atoms with Crippen LogP contribution in [0.4, 0.5) is 0 Å². The predicted octanol–water partition coefficient (Wildman–Crippen LogP) is -5.43. The summed E-state index contributed by atoms with van der Waals surface area (Å²) >= 11 is 4.20. The van der Waals surface area contributed by atoms with Gasteiger partial charge in [0.15, 0.2) is 0 Å². The summed E-state index contributed by atoms with van der Waals surface area (Å²) in [5.74, 6) is 0. The van der Waals surface area contributed by atoms with Crippen LogP contribution in [0.2, 0.25) is 10.6 Å². The molecular formula is C4H10Na2O3S2Se. The van der Waals surface area contributed by atoms with Crippen LogP contribution >= 0.6 is 0 Å². The van der Waals surface area contributed by atoms with Crippen LogP contribution in [0.3, 0.4) is 0 Å². The van der Waals surface area contributed by atoms with E-state index in [1.54, 1.807) is 0 Å². The van der Waals surface area contributed by atoms with Gasteiger partial charge in [-0.3, -0.25) is 4.21 Å². The monoisotopic (exact) mass is 296 g/mol. The molecule has 0 aromatic heterocycles. The molecule has 0 heterocycles. The largest absolute Gasteiger partial charge is 1.00 e. The van der Waals surface area contributed by atoms with Gasteiger partial charge in [-0.25, -0.2) is 0 Å². The summed E-state index contributed by atoms with van der Waals surface area (Å²) in [6.07, 6.45) is 0. The molecule has 0 unspecified atom stereocenters. The zero-order valence-electron chi connectivity index (χ0n) is 7.86. The molecular weight excluding hydrogens is 285 g/mol. The molecule has 0 aliphatic rings. The zero-order chi connectivity index (χ0) is 8.62. The van der Waals surface area contributed by atoms with Crippen molar-refractivity contribution in [2.75, 3.05) is 0 Å². The quantitative estimate of drug-likeness (QED) is 0.477. The molecule has 12 heavy (non-hydrogen) atoms. The Balaban J connectivity index is -0.0000000457. The number of hydrogen-bond acceptors (Lipinski definition) is 4. The van der Waals surface area contributed by atoms with Crippen LogP contribution in [0.25, 0.3) is 0 Å². The van der Waals surface area contributed by atoms with Crippen molar-refractivity contribution >= 4 is 35.2 Å². The van der Waals surface area contributed by atoms with Crippen LogP contribution in [-0.4, -0.2) is 28.3 Å². The van der Waals surface area contributed by atoms with E-state index >= 15 is 0 Å². The number of hydrogen-bond donors (Lipinski definition) is 0. The second kappa shape index (κ2) is 16.2. The Kier molecular flexibility index (Phi) is 32.7. The van der Waals surface area contributed by atoms with Gasteiger partial charge in [-0.15, -0.1) is 9.05 Å². The average Bonchev–Trinajstić information content (AvgIpc) is 1.63. The summed E-state index contributed by atoms with van der Waals surface area (Å²) in [5.41, 5.74) is 0. The minimum atomic E-state index is -4.33. The molecule has 0 bridgehead atoms. The SMILES string of the molecule is CC[Se]CC.O=S([O-])([O-])=S.[Na+].[Na+]. The molecule has 3 nitrogen and oxygen atoms in total. The summed E-state index contributed by atoms with van der Waals surface area (Å²) in [6, 6.07) is 0. The molecule has 64 valence electrons. The second-order valence-electron chi connectivity index (χ2n) is 1.19. The summed E-state index contributed by atoms with van der Waals surface area (Å²) in [7, 11) is -4.33. The van der Waals surface area contributed by atoms with E-state index in [9.17, 15) is 0 Å². The Morgan fingerprint density at radius 1 is 1.25 bits per heavy atom. The maximum Gasteiger partial charge on any atom is 1.00 e. The van der Waals surface area contributed by atoms with E-state index in [0.29, 0.717) is 0 Å². The molecule has 0 aliphatic carbocycles. The molecule has 0 rings (SSSR count). The van der Waals surface area contributed by atoms with E-state index in [4.69, 9.17) is 13.3 Å².